The van der Waals surface area contributed by atoms with E-state index in [1.165, 1.54) is 0 Å². The Morgan fingerprint density at radius 1 is 1.13 bits per heavy atom. The first-order chi connectivity index (χ1) is 14.9. The van der Waals surface area contributed by atoms with Crippen molar-refractivity contribution in [3.8, 4) is 0 Å². The minimum absolute atomic E-state index is 0.0971. The molecule has 0 spiro atoms. The lowest BCUT2D eigenvalue weighted by Crippen LogP contribution is -2.63. The van der Waals surface area contributed by atoms with E-state index in [-0.39, 0.29) is 23.3 Å². The summed E-state index contributed by atoms with van der Waals surface area (Å²) in [5.74, 6) is 1.71. The van der Waals surface area contributed by atoms with Gasteiger partial charge in [0, 0.05) is 17.1 Å². The van der Waals surface area contributed by atoms with E-state index in [2.05, 4.69) is 15.6 Å². The molecule has 0 saturated heterocycles. The molecule has 4 fully saturated rings. The van der Waals surface area contributed by atoms with Crippen molar-refractivity contribution >= 4 is 23.2 Å². The number of hydrogen-bond acceptors (Lipinski definition) is 4. The molecule has 4 aliphatic rings. The summed E-state index contributed by atoms with van der Waals surface area (Å²) in [6, 6.07) is 10.2. The first kappa shape index (κ1) is 20.7. The molecule has 5 atom stereocenters. The molecule has 3 unspecified atom stereocenters. The van der Waals surface area contributed by atoms with Crippen LogP contribution >= 0.6 is 11.3 Å². The average Bonchev–Trinajstić information content (AvgIpc) is 3.28. The van der Waals surface area contributed by atoms with Crippen LogP contribution in [0.3, 0.4) is 0 Å². The van der Waals surface area contributed by atoms with Crippen molar-refractivity contribution in [3.63, 3.8) is 0 Å². The highest BCUT2D eigenvalue weighted by molar-refractivity contribution is 7.09. The van der Waals surface area contributed by atoms with Gasteiger partial charge in [-0.3, -0.25) is 14.6 Å². The van der Waals surface area contributed by atoms with E-state index in [9.17, 15) is 9.59 Å². The van der Waals surface area contributed by atoms with Gasteiger partial charge in [-0.15, -0.1) is 11.3 Å². The number of carbonyl (C=O) groups excluding carboxylic acids is 2. The van der Waals surface area contributed by atoms with Crippen LogP contribution in [0.5, 0.6) is 0 Å². The van der Waals surface area contributed by atoms with Crippen LogP contribution in [0.1, 0.15) is 56.4 Å². The van der Waals surface area contributed by atoms with Crippen molar-refractivity contribution in [2.75, 3.05) is 0 Å². The number of nitrogens with zero attached hydrogens (tertiary/aromatic N) is 1. The number of amides is 2. The molecule has 4 saturated carbocycles. The largest absolute Gasteiger partial charge is 0.352 e. The van der Waals surface area contributed by atoms with Crippen molar-refractivity contribution < 1.29 is 9.59 Å². The zero-order chi connectivity index (χ0) is 21.6. The fourth-order valence-corrected chi connectivity index (χ4v) is 7.07. The fraction of sp³-hybridized carbons (Fsp3) is 0.560. The van der Waals surface area contributed by atoms with Gasteiger partial charge >= 0.3 is 0 Å². The van der Waals surface area contributed by atoms with Crippen LogP contribution in [-0.4, -0.2) is 22.8 Å². The van der Waals surface area contributed by atoms with Crippen molar-refractivity contribution in [1.82, 2.24) is 15.6 Å². The lowest BCUT2D eigenvalue weighted by molar-refractivity contribution is -0.151. The summed E-state index contributed by atoms with van der Waals surface area (Å²) in [7, 11) is 0. The maximum Gasteiger partial charge on any atom is 0.230 e. The first-order valence-corrected chi connectivity index (χ1v) is 12.3. The van der Waals surface area contributed by atoms with Crippen molar-refractivity contribution in [2.24, 2.45) is 23.2 Å². The summed E-state index contributed by atoms with van der Waals surface area (Å²) in [5.41, 5.74) is 2.02. The molecule has 1 heterocycles. The van der Waals surface area contributed by atoms with Gasteiger partial charge in [-0.25, -0.2) is 0 Å². The van der Waals surface area contributed by atoms with Crippen LogP contribution in [0.15, 0.2) is 42.0 Å². The van der Waals surface area contributed by atoms with E-state index < -0.39 is 5.41 Å². The van der Waals surface area contributed by atoms with Gasteiger partial charge < -0.3 is 10.6 Å². The van der Waals surface area contributed by atoms with E-state index in [0.717, 1.165) is 42.5 Å². The zero-order valence-electron chi connectivity index (χ0n) is 18.3. The molecule has 2 N–H and O–H groups in total. The third kappa shape index (κ3) is 3.69. The molecule has 2 amide bonds. The smallest absolute Gasteiger partial charge is 0.230 e. The molecule has 164 valence electrons. The minimum atomic E-state index is -0.570. The number of benzene rings is 1. The Kier molecular flexibility index (Phi) is 5.16. The monoisotopic (exact) mass is 437 g/mol. The van der Waals surface area contributed by atoms with Crippen molar-refractivity contribution in [2.45, 2.75) is 64.0 Å². The normalized spacial score (nSPS) is 31.4. The third-order valence-electron chi connectivity index (χ3n) is 8.02. The molecule has 5 nitrogen and oxygen atoms in total. The van der Waals surface area contributed by atoms with Crippen molar-refractivity contribution in [3.05, 3.63) is 52.5 Å². The van der Waals surface area contributed by atoms with Gasteiger partial charge in [-0.2, -0.15) is 0 Å². The summed E-state index contributed by atoms with van der Waals surface area (Å²) >= 11 is 1.58. The van der Waals surface area contributed by atoms with Gasteiger partial charge in [0.05, 0.1) is 22.9 Å². The number of thiazole rings is 1. The van der Waals surface area contributed by atoms with Crippen LogP contribution in [-0.2, 0) is 21.5 Å². The zero-order valence-corrected chi connectivity index (χ0v) is 19.1. The molecule has 31 heavy (non-hydrogen) atoms. The van der Waals surface area contributed by atoms with E-state index in [0.29, 0.717) is 24.3 Å². The molecule has 1 aromatic heterocycles. The summed E-state index contributed by atoms with van der Waals surface area (Å²) in [5, 5.41) is 6.62. The molecule has 6 heteroatoms. The minimum Gasteiger partial charge on any atom is -0.352 e. The van der Waals surface area contributed by atoms with Crippen LogP contribution in [0, 0.1) is 23.2 Å². The lowest BCUT2D eigenvalue weighted by Gasteiger charge is -2.59. The van der Waals surface area contributed by atoms with Crippen molar-refractivity contribution in [1.29, 1.82) is 0 Å². The molecule has 2 aromatic rings. The predicted molar refractivity (Wildman–Crippen MR) is 121 cm³/mol. The Balaban J connectivity index is 1.28. The van der Waals surface area contributed by atoms with E-state index in [1.54, 1.807) is 16.8 Å². The molecule has 1 aromatic carbocycles. The fourth-order valence-electron chi connectivity index (χ4n) is 6.54. The topological polar surface area (TPSA) is 71.1 Å². The highest BCUT2D eigenvalue weighted by Gasteiger charge is 2.58. The highest BCUT2D eigenvalue weighted by Crippen LogP contribution is 2.60. The number of hydrogen-bond donors (Lipinski definition) is 2. The maximum absolute atomic E-state index is 13.3. The number of carbonyl (C=O) groups is 2. The molecule has 6 rings (SSSR count). The Bertz CT molecular complexity index is 940. The van der Waals surface area contributed by atoms with Gasteiger partial charge in [0.1, 0.15) is 0 Å². The molecular weight excluding hydrogens is 406 g/mol. The summed E-state index contributed by atoms with van der Waals surface area (Å²) in [6.07, 6.45) is 6.89. The predicted octanol–water partition coefficient (Wildman–Crippen LogP) is 4.05. The summed E-state index contributed by atoms with van der Waals surface area (Å²) < 4.78 is 0. The van der Waals surface area contributed by atoms with Gasteiger partial charge in [0.2, 0.25) is 11.8 Å². The van der Waals surface area contributed by atoms with Gasteiger partial charge in [-0.1, -0.05) is 30.3 Å². The molecule has 4 bridgehead atoms. The Morgan fingerprint density at radius 3 is 2.48 bits per heavy atom. The van der Waals surface area contributed by atoms with E-state index in [4.69, 9.17) is 0 Å². The molecule has 0 radical (unpaired) electrons. The number of nitrogens with one attached hydrogen (secondary N) is 2. The summed E-state index contributed by atoms with van der Waals surface area (Å²) in [6.45, 7) is 4.57. The Labute approximate surface area is 188 Å². The number of aromatic nitrogens is 1. The maximum atomic E-state index is 13.3. The third-order valence-corrected chi connectivity index (χ3v) is 8.80. The quantitative estimate of drug-likeness (QED) is 0.716. The molecule has 4 aliphatic carbocycles. The van der Waals surface area contributed by atoms with Crippen LogP contribution < -0.4 is 10.6 Å². The summed E-state index contributed by atoms with van der Waals surface area (Å²) in [4.78, 5) is 31.7. The number of rotatable bonds is 6. The SMILES string of the molecule is CC(C)(C(=O)NC1[C@@H]2CC3C[C@H]1CC(C(=O)NCc1cncs1)(C3)C2)c1ccccc1. The first-order valence-electron chi connectivity index (χ1n) is 11.4. The second-order valence-corrected chi connectivity index (χ2v) is 11.4. The lowest BCUT2D eigenvalue weighted by atomic mass is 9.47. The standard InChI is InChI=1S/C25H31N3O2S/c1-24(2,19-6-4-3-5-7-19)22(29)28-21-17-8-16-9-18(21)12-25(10-16,11-17)23(30)27-14-20-13-26-15-31-20/h3-7,13,15-18,21H,8-12,14H2,1-2H3,(H,27,30)(H,28,29)/t16?,17-,18+,21?,25?. The van der Waals surface area contributed by atoms with Gasteiger partial charge in [-0.05, 0) is 69.3 Å². The highest BCUT2D eigenvalue weighted by atomic mass is 32.1. The Hall–Kier alpha value is -2.21. The Morgan fingerprint density at radius 2 is 1.84 bits per heavy atom. The second-order valence-electron chi connectivity index (χ2n) is 10.4. The van der Waals surface area contributed by atoms with Crippen LogP contribution in [0.25, 0.3) is 0 Å². The van der Waals surface area contributed by atoms with E-state index >= 15 is 0 Å². The molecule has 0 aliphatic heterocycles. The van der Waals surface area contributed by atoms with Crippen LogP contribution in [0.2, 0.25) is 0 Å². The average molecular weight is 438 g/mol. The van der Waals surface area contributed by atoms with Gasteiger partial charge in [0.15, 0.2) is 0 Å². The van der Waals surface area contributed by atoms with Crippen LogP contribution in [0.4, 0.5) is 0 Å². The second kappa shape index (κ2) is 7.73. The van der Waals surface area contributed by atoms with Gasteiger partial charge in [0.25, 0.3) is 0 Å². The van der Waals surface area contributed by atoms with E-state index in [1.807, 2.05) is 50.4 Å². The molecular formula is C25H31N3O2S.